The van der Waals surface area contributed by atoms with Gasteiger partial charge in [-0.2, -0.15) is 5.10 Å². The van der Waals surface area contributed by atoms with Crippen LogP contribution in [0.2, 0.25) is 0 Å². The zero-order valence-corrected chi connectivity index (χ0v) is 11.2. The highest BCUT2D eigenvalue weighted by atomic mass is 16.1. The Morgan fingerprint density at radius 3 is 3.00 bits per heavy atom. The molecule has 1 saturated heterocycles. The Morgan fingerprint density at radius 2 is 2.40 bits per heavy atom. The predicted octanol–water partition coefficient (Wildman–Crippen LogP) is 0.599. The van der Waals surface area contributed by atoms with Gasteiger partial charge in [-0.1, -0.05) is 0 Å². The summed E-state index contributed by atoms with van der Waals surface area (Å²) in [6, 6.07) is 3.83. The van der Waals surface area contributed by atoms with Crippen molar-refractivity contribution in [1.29, 1.82) is 0 Å². The standard InChI is InChI=1S/C13H16N6O/c1-9-11(4-5-15-9)13(20)18-10-2-3-12(16-6-10)19-8-14-7-17-19/h2-3,6-9,11,15H,4-5H2,1H3,(H,18,20). The summed E-state index contributed by atoms with van der Waals surface area (Å²) in [6.07, 6.45) is 5.53. The van der Waals surface area contributed by atoms with Crippen LogP contribution in [-0.4, -0.2) is 38.2 Å². The van der Waals surface area contributed by atoms with Crippen LogP contribution in [0.5, 0.6) is 0 Å². The van der Waals surface area contributed by atoms with Gasteiger partial charge in [-0.3, -0.25) is 4.79 Å². The molecular formula is C13H16N6O. The van der Waals surface area contributed by atoms with Gasteiger partial charge in [-0.25, -0.2) is 14.6 Å². The molecule has 0 saturated carbocycles. The lowest BCUT2D eigenvalue weighted by molar-refractivity contribution is -0.120. The number of nitrogens with zero attached hydrogens (tertiary/aromatic N) is 4. The van der Waals surface area contributed by atoms with Gasteiger partial charge in [-0.05, 0) is 32.0 Å². The number of hydrogen-bond acceptors (Lipinski definition) is 5. The van der Waals surface area contributed by atoms with Crippen molar-refractivity contribution < 1.29 is 4.79 Å². The lowest BCUT2D eigenvalue weighted by atomic mass is 10.0. The van der Waals surface area contributed by atoms with Crippen LogP contribution in [0.25, 0.3) is 5.82 Å². The molecule has 1 fully saturated rings. The Labute approximate surface area is 116 Å². The Kier molecular flexibility index (Phi) is 3.42. The second-order valence-electron chi connectivity index (χ2n) is 4.87. The molecule has 3 rings (SSSR count). The summed E-state index contributed by atoms with van der Waals surface area (Å²) < 4.78 is 1.56. The summed E-state index contributed by atoms with van der Waals surface area (Å²) in [4.78, 5) is 20.2. The summed E-state index contributed by atoms with van der Waals surface area (Å²) >= 11 is 0. The van der Waals surface area contributed by atoms with Crippen molar-refractivity contribution in [3.05, 3.63) is 31.0 Å². The van der Waals surface area contributed by atoms with E-state index < -0.39 is 0 Å². The highest BCUT2D eigenvalue weighted by molar-refractivity contribution is 5.93. The number of carbonyl (C=O) groups excluding carboxylic acids is 1. The van der Waals surface area contributed by atoms with Crippen molar-refractivity contribution in [1.82, 2.24) is 25.1 Å². The maximum absolute atomic E-state index is 12.1. The van der Waals surface area contributed by atoms with Crippen LogP contribution < -0.4 is 10.6 Å². The zero-order chi connectivity index (χ0) is 13.9. The first-order chi connectivity index (χ1) is 9.74. The lowest BCUT2D eigenvalue weighted by Gasteiger charge is -2.14. The van der Waals surface area contributed by atoms with E-state index in [9.17, 15) is 4.79 Å². The van der Waals surface area contributed by atoms with Crippen LogP contribution in [-0.2, 0) is 4.79 Å². The molecule has 7 nitrogen and oxygen atoms in total. The Hall–Kier alpha value is -2.28. The monoisotopic (exact) mass is 272 g/mol. The molecular weight excluding hydrogens is 256 g/mol. The summed E-state index contributed by atoms with van der Waals surface area (Å²) in [5, 5.41) is 10.2. The van der Waals surface area contributed by atoms with Gasteiger partial charge in [0.15, 0.2) is 5.82 Å². The molecule has 0 spiro atoms. The average Bonchev–Trinajstić information content (AvgIpc) is 3.10. The number of carbonyl (C=O) groups is 1. The number of rotatable bonds is 3. The zero-order valence-electron chi connectivity index (χ0n) is 11.2. The van der Waals surface area contributed by atoms with Gasteiger partial charge in [0.25, 0.3) is 0 Å². The molecule has 20 heavy (non-hydrogen) atoms. The number of amides is 1. The first-order valence-corrected chi connectivity index (χ1v) is 6.59. The van der Waals surface area contributed by atoms with Gasteiger partial charge >= 0.3 is 0 Å². The van der Waals surface area contributed by atoms with Crippen molar-refractivity contribution in [3.63, 3.8) is 0 Å². The highest BCUT2D eigenvalue weighted by Gasteiger charge is 2.29. The van der Waals surface area contributed by atoms with Crippen LogP contribution in [0.15, 0.2) is 31.0 Å². The van der Waals surface area contributed by atoms with E-state index in [-0.39, 0.29) is 17.9 Å². The van der Waals surface area contributed by atoms with Crippen molar-refractivity contribution in [3.8, 4) is 5.82 Å². The molecule has 2 aromatic heterocycles. The minimum absolute atomic E-state index is 0.0185. The summed E-state index contributed by atoms with van der Waals surface area (Å²) in [7, 11) is 0. The molecule has 7 heteroatoms. The molecule has 1 amide bonds. The molecule has 0 bridgehead atoms. The summed E-state index contributed by atoms with van der Waals surface area (Å²) in [5.41, 5.74) is 0.693. The third kappa shape index (κ3) is 2.53. The topological polar surface area (TPSA) is 84.7 Å². The predicted molar refractivity (Wildman–Crippen MR) is 73.4 cm³/mol. The minimum Gasteiger partial charge on any atom is -0.324 e. The fourth-order valence-corrected chi connectivity index (χ4v) is 2.37. The second-order valence-corrected chi connectivity index (χ2v) is 4.87. The Bertz CT molecular complexity index is 579. The van der Waals surface area contributed by atoms with Crippen LogP contribution in [0.4, 0.5) is 5.69 Å². The quantitative estimate of drug-likeness (QED) is 0.854. The normalized spacial score (nSPS) is 21.9. The maximum atomic E-state index is 12.1. The van der Waals surface area contributed by atoms with E-state index in [0.717, 1.165) is 13.0 Å². The van der Waals surface area contributed by atoms with Gasteiger partial charge in [-0.15, -0.1) is 0 Å². The maximum Gasteiger partial charge on any atom is 0.229 e. The van der Waals surface area contributed by atoms with Crippen molar-refractivity contribution >= 4 is 11.6 Å². The second kappa shape index (κ2) is 5.38. The molecule has 2 N–H and O–H groups in total. The third-order valence-corrected chi connectivity index (χ3v) is 3.53. The van der Waals surface area contributed by atoms with Gasteiger partial charge in [0.05, 0.1) is 17.8 Å². The molecule has 3 heterocycles. The van der Waals surface area contributed by atoms with Crippen molar-refractivity contribution in [2.45, 2.75) is 19.4 Å². The molecule has 1 aliphatic rings. The fourth-order valence-electron chi connectivity index (χ4n) is 2.37. The van der Waals surface area contributed by atoms with E-state index in [1.54, 1.807) is 23.3 Å². The first-order valence-electron chi connectivity index (χ1n) is 6.59. The largest absolute Gasteiger partial charge is 0.324 e. The lowest BCUT2D eigenvalue weighted by Crippen LogP contribution is -2.32. The van der Waals surface area contributed by atoms with Gasteiger partial charge in [0.2, 0.25) is 5.91 Å². The molecule has 0 aromatic carbocycles. The number of anilines is 1. The Morgan fingerprint density at radius 1 is 1.50 bits per heavy atom. The van der Waals surface area contributed by atoms with Crippen molar-refractivity contribution in [2.24, 2.45) is 5.92 Å². The van der Waals surface area contributed by atoms with E-state index in [1.165, 1.54) is 6.33 Å². The van der Waals surface area contributed by atoms with E-state index in [2.05, 4.69) is 25.7 Å². The van der Waals surface area contributed by atoms with Gasteiger partial charge < -0.3 is 10.6 Å². The van der Waals surface area contributed by atoms with E-state index in [1.807, 2.05) is 13.0 Å². The molecule has 0 radical (unpaired) electrons. The molecule has 0 aliphatic carbocycles. The molecule has 104 valence electrons. The van der Waals surface area contributed by atoms with E-state index in [4.69, 9.17) is 0 Å². The van der Waals surface area contributed by atoms with Crippen LogP contribution in [0.1, 0.15) is 13.3 Å². The highest BCUT2D eigenvalue weighted by Crippen LogP contribution is 2.18. The summed E-state index contributed by atoms with van der Waals surface area (Å²) in [6.45, 7) is 2.92. The van der Waals surface area contributed by atoms with Gasteiger partial charge in [0, 0.05) is 6.04 Å². The average molecular weight is 272 g/mol. The number of pyridine rings is 1. The first kappa shape index (κ1) is 12.7. The number of aromatic nitrogens is 4. The van der Waals surface area contributed by atoms with Crippen LogP contribution in [0, 0.1) is 5.92 Å². The van der Waals surface area contributed by atoms with Crippen LogP contribution >= 0.6 is 0 Å². The smallest absolute Gasteiger partial charge is 0.229 e. The summed E-state index contributed by atoms with van der Waals surface area (Å²) in [5.74, 6) is 0.721. The van der Waals surface area contributed by atoms with Crippen LogP contribution in [0.3, 0.4) is 0 Å². The third-order valence-electron chi connectivity index (χ3n) is 3.53. The molecule has 2 unspecified atom stereocenters. The molecule has 2 atom stereocenters. The number of nitrogens with one attached hydrogen (secondary N) is 2. The minimum atomic E-state index is 0.0185. The van der Waals surface area contributed by atoms with Crippen molar-refractivity contribution in [2.75, 3.05) is 11.9 Å². The fraction of sp³-hybridized carbons (Fsp3) is 0.385. The number of hydrogen-bond donors (Lipinski definition) is 2. The van der Waals surface area contributed by atoms with E-state index in [0.29, 0.717) is 11.5 Å². The van der Waals surface area contributed by atoms with Gasteiger partial charge in [0.1, 0.15) is 12.7 Å². The Balaban J connectivity index is 1.68. The van der Waals surface area contributed by atoms with E-state index >= 15 is 0 Å². The molecule has 1 aliphatic heterocycles. The SMILES string of the molecule is CC1NCCC1C(=O)Nc1ccc(-n2cncn2)nc1. The molecule has 2 aromatic rings.